The first kappa shape index (κ1) is 14.5. The predicted molar refractivity (Wildman–Crippen MR) is 80.7 cm³/mol. The summed E-state index contributed by atoms with van der Waals surface area (Å²) in [4.78, 5) is 14.7. The Hall–Kier alpha value is -1.39. The minimum absolute atomic E-state index is 0.0984. The van der Waals surface area contributed by atoms with E-state index in [2.05, 4.69) is 4.90 Å². The number of likely N-dealkylation sites (tertiary alicyclic amines) is 1. The zero-order valence-electron chi connectivity index (χ0n) is 12.7. The van der Waals surface area contributed by atoms with Gasteiger partial charge in [0, 0.05) is 19.0 Å². The van der Waals surface area contributed by atoms with E-state index in [0.29, 0.717) is 29.7 Å². The Morgan fingerprint density at radius 3 is 2.90 bits per heavy atom. The fourth-order valence-electron chi connectivity index (χ4n) is 3.78. The molecule has 4 nitrogen and oxygen atoms in total. The third kappa shape index (κ3) is 2.83. The monoisotopic (exact) mass is 289 g/mol. The van der Waals surface area contributed by atoms with E-state index in [1.165, 1.54) is 0 Å². The largest absolute Gasteiger partial charge is 0.496 e. The van der Waals surface area contributed by atoms with E-state index in [1.807, 2.05) is 25.1 Å². The third-order valence-electron chi connectivity index (χ3n) is 4.92. The Bertz CT molecular complexity index is 543. The van der Waals surface area contributed by atoms with Crippen molar-refractivity contribution in [3.05, 3.63) is 29.3 Å². The highest BCUT2D eigenvalue weighted by Gasteiger charge is 2.42. The van der Waals surface area contributed by atoms with Crippen LogP contribution in [0.1, 0.15) is 28.8 Å². The van der Waals surface area contributed by atoms with Crippen molar-refractivity contribution in [3.8, 4) is 5.75 Å². The van der Waals surface area contributed by atoms with Gasteiger partial charge in [0.05, 0.1) is 25.3 Å². The van der Waals surface area contributed by atoms with Crippen molar-refractivity contribution in [1.82, 2.24) is 4.90 Å². The van der Waals surface area contributed by atoms with Crippen LogP contribution in [-0.4, -0.2) is 48.6 Å². The highest BCUT2D eigenvalue weighted by Crippen LogP contribution is 2.38. The maximum absolute atomic E-state index is 12.5. The van der Waals surface area contributed by atoms with Gasteiger partial charge in [-0.2, -0.15) is 0 Å². The van der Waals surface area contributed by atoms with Crippen molar-refractivity contribution >= 4 is 5.78 Å². The van der Waals surface area contributed by atoms with Crippen molar-refractivity contribution in [3.63, 3.8) is 0 Å². The molecule has 1 aromatic carbocycles. The molecule has 1 aromatic rings. The molecule has 1 N–H and O–H groups in total. The number of fused-ring (bicyclic) bond motifs is 1. The van der Waals surface area contributed by atoms with Crippen LogP contribution >= 0.6 is 0 Å². The molecule has 1 saturated carbocycles. The highest BCUT2D eigenvalue weighted by atomic mass is 16.5. The number of nitrogens with zero attached hydrogens (tertiary/aromatic N) is 1. The van der Waals surface area contributed by atoms with E-state index in [1.54, 1.807) is 7.11 Å². The van der Waals surface area contributed by atoms with Crippen molar-refractivity contribution in [1.29, 1.82) is 0 Å². The number of ether oxygens (including phenoxy) is 1. The predicted octanol–water partition coefficient (Wildman–Crippen LogP) is 1.89. The number of benzene rings is 1. The van der Waals surface area contributed by atoms with Crippen LogP contribution in [0.3, 0.4) is 0 Å². The number of Topliss-reactive ketones (excluding diaryl/α,β-unsaturated/α-hetero) is 1. The van der Waals surface area contributed by atoms with Crippen LogP contribution in [0.5, 0.6) is 5.75 Å². The van der Waals surface area contributed by atoms with Crippen molar-refractivity contribution in [2.45, 2.75) is 25.9 Å². The number of carbonyl (C=O) groups excluding carboxylic acids is 1. The van der Waals surface area contributed by atoms with Crippen LogP contribution in [0.15, 0.2) is 18.2 Å². The summed E-state index contributed by atoms with van der Waals surface area (Å²) in [6.07, 6.45) is 1.83. The number of methoxy groups -OCH3 is 1. The normalized spacial score (nSPS) is 28.6. The summed E-state index contributed by atoms with van der Waals surface area (Å²) in [5.74, 6) is 1.67. The first-order valence-electron chi connectivity index (χ1n) is 7.66. The van der Waals surface area contributed by atoms with Crippen LogP contribution in [0.4, 0.5) is 0 Å². The molecule has 1 saturated heterocycles. The fourth-order valence-corrected chi connectivity index (χ4v) is 3.78. The second-order valence-electron chi connectivity index (χ2n) is 6.39. The van der Waals surface area contributed by atoms with Crippen molar-refractivity contribution < 1.29 is 14.6 Å². The number of hydrogen-bond donors (Lipinski definition) is 1. The summed E-state index contributed by atoms with van der Waals surface area (Å²) < 4.78 is 5.32. The molecule has 2 fully saturated rings. The van der Waals surface area contributed by atoms with Crippen LogP contribution in [0.25, 0.3) is 0 Å². The Morgan fingerprint density at radius 1 is 1.38 bits per heavy atom. The molecule has 1 aliphatic heterocycles. The second kappa shape index (κ2) is 5.78. The molecule has 3 unspecified atom stereocenters. The van der Waals surface area contributed by atoms with E-state index in [9.17, 15) is 9.90 Å². The molecule has 114 valence electrons. The van der Waals surface area contributed by atoms with Gasteiger partial charge in [-0.15, -0.1) is 0 Å². The van der Waals surface area contributed by atoms with Gasteiger partial charge in [0.25, 0.3) is 0 Å². The molecule has 21 heavy (non-hydrogen) atoms. The summed E-state index contributed by atoms with van der Waals surface area (Å²) >= 11 is 0. The molecule has 0 bridgehead atoms. The van der Waals surface area contributed by atoms with Crippen molar-refractivity contribution in [2.75, 3.05) is 26.7 Å². The Balaban J connectivity index is 1.67. The number of ketones is 1. The summed E-state index contributed by atoms with van der Waals surface area (Å²) in [5, 5.41) is 9.95. The molecule has 0 aromatic heterocycles. The number of hydrogen-bond acceptors (Lipinski definition) is 4. The Kier molecular flexibility index (Phi) is 4.00. The number of aryl methyl sites for hydroxylation is 1. The molecule has 0 amide bonds. The van der Waals surface area contributed by atoms with Gasteiger partial charge in [-0.25, -0.2) is 0 Å². The minimum atomic E-state index is -0.177. The molecule has 1 aliphatic carbocycles. The number of rotatable bonds is 4. The van der Waals surface area contributed by atoms with Crippen LogP contribution in [0.2, 0.25) is 0 Å². The lowest BCUT2D eigenvalue weighted by atomic mass is 10.00. The quantitative estimate of drug-likeness (QED) is 0.860. The Labute approximate surface area is 125 Å². The molecular formula is C17H23NO3. The van der Waals surface area contributed by atoms with Crippen LogP contribution < -0.4 is 4.74 Å². The first-order valence-corrected chi connectivity index (χ1v) is 7.66. The molecule has 2 aliphatic rings. The lowest BCUT2D eigenvalue weighted by molar-refractivity contribution is 0.0917. The smallest absolute Gasteiger partial charge is 0.180 e. The molecule has 3 atom stereocenters. The molecule has 0 radical (unpaired) electrons. The van der Waals surface area contributed by atoms with Crippen LogP contribution in [0, 0.1) is 18.8 Å². The van der Waals surface area contributed by atoms with E-state index < -0.39 is 0 Å². The topological polar surface area (TPSA) is 49.8 Å². The van der Waals surface area contributed by atoms with Gasteiger partial charge in [0.1, 0.15) is 5.75 Å². The minimum Gasteiger partial charge on any atom is -0.496 e. The second-order valence-corrected chi connectivity index (χ2v) is 6.39. The Morgan fingerprint density at radius 2 is 2.19 bits per heavy atom. The molecule has 0 spiro atoms. The van der Waals surface area contributed by atoms with Gasteiger partial charge in [-0.3, -0.25) is 9.69 Å². The molecule has 3 rings (SSSR count). The fraction of sp³-hybridized carbons (Fsp3) is 0.588. The van der Waals surface area contributed by atoms with Gasteiger partial charge < -0.3 is 9.84 Å². The zero-order chi connectivity index (χ0) is 15.0. The summed E-state index contributed by atoms with van der Waals surface area (Å²) in [7, 11) is 1.60. The maximum atomic E-state index is 12.5. The number of aliphatic hydroxyl groups excluding tert-OH is 1. The highest BCUT2D eigenvalue weighted by molar-refractivity contribution is 6.00. The van der Waals surface area contributed by atoms with Gasteiger partial charge in [0.2, 0.25) is 0 Å². The number of aliphatic hydroxyl groups is 1. The first-order chi connectivity index (χ1) is 10.1. The van der Waals surface area contributed by atoms with E-state index in [-0.39, 0.29) is 11.9 Å². The SMILES string of the molecule is COc1cc(C)ccc1C(=O)CN1CC2CCC(O)C2C1. The lowest BCUT2D eigenvalue weighted by Crippen LogP contribution is -2.30. The van der Waals surface area contributed by atoms with Crippen molar-refractivity contribution in [2.24, 2.45) is 11.8 Å². The summed E-state index contributed by atoms with van der Waals surface area (Å²) in [5.41, 5.74) is 1.74. The molecule has 4 heteroatoms. The maximum Gasteiger partial charge on any atom is 0.180 e. The van der Waals surface area contributed by atoms with E-state index in [0.717, 1.165) is 31.5 Å². The van der Waals surface area contributed by atoms with Crippen LogP contribution in [-0.2, 0) is 0 Å². The average Bonchev–Trinajstić information content (AvgIpc) is 3.00. The lowest BCUT2D eigenvalue weighted by Gasteiger charge is -2.18. The van der Waals surface area contributed by atoms with Gasteiger partial charge in [0.15, 0.2) is 5.78 Å². The summed E-state index contributed by atoms with van der Waals surface area (Å²) in [6.45, 7) is 4.17. The molecular weight excluding hydrogens is 266 g/mol. The van der Waals surface area contributed by atoms with Gasteiger partial charge in [-0.1, -0.05) is 6.07 Å². The van der Waals surface area contributed by atoms with Gasteiger partial charge in [-0.05, 0) is 43.4 Å². The standard InChI is InChI=1S/C17H23NO3/c1-11-3-5-13(17(7-11)21-2)16(20)10-18-8-12-4-6-15(19)14(12)9-18/h3,5,7,12,14-15,19H,4,6,8-10H2,1-2H3. The van der Waals surface area contributed by atoms with Gasteiger partial charge >= 0.3 is 0 Å². The zero-order valence-corrected chi connectivity index (χ0v) is 12.7. The summed E-state index contributed by atoms with van der Waals surface area (Å²) in [6, 6.07) is 5.69. The average molecular weight is 289 g/mol. The molecule has 1 heterocycles. The van der Waals surface area contributed by atoms with E-state index >= 15 is 0 Å². The van der Waals surface area contributed by atoms with E-state index in [4.69, 9.17) is 4.74 Å². The number of carbonyl (C=O) groups is 1. The third-order valence-corrected chi connectivity index (χ3v) is 4.92.